The van der Waals surface area contributed by atoms with Crippen LogP contribution < -0.4 is 5.32 Å². The summed E-state index contributed by atoms with van der Waals surface area (Å²) in [7, 11) is 0. The zero-order valence-corrected chi connectivity index (χ0v) is 14.5. The predicted octanol–water partition coefficient (Wildman–Crippen LogP) is 4.30. The highest BCUT2D eigenvalue weighted by Crippen LogP contribution is 2.28. The molecule has 1 N–H and O–H groups in total. The fourth-order valence-electron chi connectivity index (χ4n) is 2.37. The van der Waals surface area contributed by atoms with Gasteiger partial charge in [-0.15, -0.1) is 0 Å². The van der Waals surface area contributed by atoms with Crippen LogP contribution in [-0.2, 0) is 16.0 Å². The Hall–Kier alpha value is -2.60. The molecule has 0 aliphatic rings. The number of amides is 2. The molecular formula is C19H15ClF3NO2. The second kappa shape index (κ2) is 8.19. The molecule has 2 amide bonds. The maximum absolute atomic E-state index is 14.2. The molecule has 0 aromatic heterocycles. The average molecular weight is 382 g/mol. The second-order valence-corrected chi connectivity index (χ2v) is 6.20. The van der Waals surface area contributed by atoms with Crippen LogP contribution >= 0.6 is 11.6 Å². The van der Waals surface area contributed by atoms with Gasteiger partial charge in [-0.2, -0.15) is 0 Å². The molecule has 0 spiro atoms. The van der Waals surface area contributed by atoms with E-state index in [1.807, 2.05) is 5.32 Å². The second-order valence-electron chi connectivity index (χ2n) is 5.76. The molecule has 1 unspecified atom stereocenters. The molecule has 0 saturated carbocycles. The molecule has 2 rings (SSSR count). The Morgan fingerprint density at radius 3 is 2.15 bits per heavy atom. The lowest BCUT2D eigenvalue weighted by Crippen LogP contribution is -2.36. The summed E-state index contributed by atoms with van der Waals surface area (Å²) < 4.78 is 41.6. The maximum atomic E-state index is 14.2. The molecule has 7 heteroatoms. The molecule has 1 atom stereocenters. The minimum absolute atomic E-state index is 0.0589. The van der Waals surface area contributed by atoms with E-state index in [1.54, 1.807) is 24.3 Å². The van der Waals surface area contributed by atoms with Crippen molar-refractivity contribution >= 4 is 23.4 Å². The summed E-state index contributed by atoms with van der Waals surface area (Å²) in [4.78, 5) is 24.2. The standard InChI is InChI=1S/C19H15ClF3NO2/c1-10(2)18(25)24-19(26)14(7-11-3-5-12(20)6-4-11)17-15(22)8-13(21)9-16(17)23/h3-6,8-9,14H,1,7H2,2H3,(H,24,25,26). The third-order valence-corrected chi connectivity index (χ3v) is 3.94. The summed E-state index contributed by atoms with van der Waals surface area (Å²) in [6, 6.07) is 7.26. The van der Waals surface area contributed by atoms with E-state index in [0.717, 1.165) is 0 Å². The number of halogens is 4. The van der Waals surface area contributed by atoms with E-state index >= 15 is 0 Å². The molecule has 0 heterocycles. The van der Waals surface area contributed by atoms with Gasteiger partial charge in [-0.1, -0.05) is 30.3 Å². The molecule has 0 fully saturated rings. The van der Waals surface area contributed by atoms with Crippen LogP contribution in [0, 0.1) is 17.5 Å². The normalized spacial score (nSPS) is 11.7. The van der Waals surface area contributed by atoms with Crippen LogP contribution in [0.5, 0.6) is 0 Å². The molecule has 136 valence electrons. The first-order chi connectivity index (χ1) is 12.2. The molecule has 3 nitrogen and oxygen atoms in total. The Kier molecular flexibility index (Phi) is 6.21. The number of carbonyl (C=O) groups is 2. The summed E-state index contributed by atoms with van der Waals surface area (Å²) >= 11 is 5.80. The summed E-state index contributed by atoms with van der Waals surface area (Å²) in [6.45, 7) is 4.79. The topological polar surface area (TPSA) is 46.2 Å². The van der Waals surface area contributed by atoms with Crippen molar-refractivity contribution in [3.63, 3.8) is 0 Å². The van der Waals surface area contributed by atoms with Crippen molar-refractivity contribution in [2.24, 2.45) is 0 Å². The van der Waals surface area contributed by atoms with E-state index in [0.29, 0.717) is 22.7 Å². The number of nitrogens with one attached hydrogen (secondary N) is 1. The van der Waals surface area contributed by atoms with Gasteiger partial charge in [0.25, 0.3) is 5.91 Å². The molecule has 26 heavy (non-hydrogen) atoms. The number of rotatable bonds is 5. The van der Waals surface area contributed by atoms with E-state index in [4.69, 9.17) is 11.6 Å². The molecule has 2 aromatic carbocycles. The van der Waals surface area contributed by atoms with E-state index < -0.39 is 40.7 Å². The SMILES string of the molecule is C=C(C)C(=O)NC(=O)C(Cc1ccc(Cl)cc1)c1c(F)cc(F)cc1F. The van der Waals surface area contributed by atoms with Crippen molar-refractivity contribution in [3.05, 3.63) is 82.2 Å². The van der Waals surface area contributed by atoms with Gasteiger partial charge in [-0.05, 0) is 31.0 Å². The highest BCUT2D eigenvalue weighted by Gasteiger charge is 2.29. The van der Waals surface area contributed by atoms with Crippen LogP contribution in [0.4, 0.5) is 13.2 Å². The molecule has 0 saturated heterocycles. The van der Waals surface area contributed by atoms with Crippen molar-refractivity contribution < 1.29 is 22.8 Å². The van der Waals surface area contributed by atoms with Gasteiger partial charge in [-0.3, -0.25) is 14.9 Å². The molecule has 0 bridgehead atoms. The first kappa shape index (κ1) is 19.7. The Bertz CT molecular complexity index is 843. The number of benzene rings is 2. The largest absolute Gasteiger partial charge is 0.292 e. The Balaban J connectivity index is 2.44. The van der Waals surface area contributed by atoms with Crippen molar-refractivity contribution in [2.45, 2.75) is 19.3 Å². The number of imide groups is 1. The van der Waals surface area contributed by atoms with Crippen molar-refractivity contribution in [1.82, 2.24) is 5.32 Å². The van der Waals surface area contributed by atoms with Gasteiger partial charge in [0, 0.05) is 28.3 Å². The van der Waals surface area contributed by atoms with Gasteiger partial charge in [0.05, 0.1) is 5.92 Å². The van der Waals surface area contributed by atoms with Gasteiger partial charge in [0.15, 0.2) is 0 Å². The highest BCUT2D eigenvalue weighted by molar-refractivity contribution is 6.30. The monoisotopic (exact) mass is 381 g/mol. The third-order valence-electron chi connectivity index (χ3n) is 3.69. The molecule has 0 aliphatic heterocycles. The van der Waals surface area contributed by atoms with Gasteiger partial charge in [0.1, 0.15) is 17.5 Å². The average Bonchev–Trinajstić information content (AvgIpc) is 2.54. The Morgan fingerprint density at radius 1 is 1.12 bits per heavy atom. The van der Waals surface area contributed by atoms with Crippen molar-refractivity contribution in [2.75, 3.05) is 0 Å². The summed E-state index contributed by atoms with van der Waals surface area (Å²) in [5.41, 5.74) is -0.00235. The van der Waals surface area contributed by atoms with E-state index in [-0.39, 0.29) is 12.0 Å². The molecular weight excluding hydrogens is 367 g/mol. The van der Waals surface area contributed by atoms with Gasteiger partial charge in [-0.25, -0.2) is 13.2 Å². The van der Waals surface area contributed by atoms with Crippen LogP contribution in [0.2, 0.25) is 5.02 Å². The smallest absolute Gasteiger partial charge is 0.252 e. The van der Waals surface area contributed by atoms with Crippen LogP contribution in [0.3, 0.4) is 0 Å². The van der Waals surface area contributed by atoms with Gasteiger partial charge < -0.3 is 0 Å². The van der Waals surface area contributed by atoms with Gasteiger partial charge >= 0.3 is 0 Å². The minimum atomic E-state index is -1.39. The Morgan fingerprint density at radius 2 is 1.65 bits per heavy atom. The molecule has 2 aromatic rings. The lowest BCUT2D eigenvalue weighted by atomic mass is 9.90. The highest BCUT2D eigenvalue weighted by atomic mass is 35.5. The first-order valence-corrected chi connectivity index (χ1v) is 7.96. The lowest BCUT2D eigenvalue weighted by Gasteiger charge is -2.18. The number of hydrogen-bond donors (Lipinski definition) is 1. The predicted molar refractivity (Wildman–Crippen MR) is 92.2 cm³/mol. The van der Waals surface area contributed by atoms with Gasteiger partial charge in [0.2, 0.25) is 5.91 Å². The fourth-order valence-corrected chi connectivity index (χ4v) is 2.50. The van der Waals surface area contributed by atoms with E-state index in [2.05, 4.69) is 6.58 Å². The summed E-state index contributed by atoms with van der Waals surface area (Å²) in [5.74, 6) is -6.59. The maximum Gasteiger partial charge on any atom is 0.252 e. The molecule has 0 radical (unpaired) electrons. The van der Waals surface area contributed by atoms with Crippen LogP contribution in [0.25, 0.3) is 0 Å². The van der Waals surface area contributed by atoms with Crippen molar-refractivity contribution in [1.29, 1.82) is 0 Å². The number of carbonyl (C=O) groups excluding carboxylic acids is 2. The van der Waals surface area contributed by atoms with Crippen LogP contribution in [0.15, 0.2) is 48.6 Å². The van der Waals surface area contributed by atoms with Crippen molar-refractivity contribution in [3.8, 4) is 0 Å². The Labute approximate surface area is 153 Å². The summed E-state index contributed by atoms with van der Waals surface area (Å²) in [6.07, 6.45) is -0.119. The lowest BCUT2D eigenvalue weighted by molar-refractivity contribution is -0.129. The summed E-state index contributed by atoms with van der Waals surface area (Å²) in [5, 5.41) is 2.50. The van der Waals surface area contributed by atoms with Crippen LogP contribution in [-0.4, -0.2) is 11.8 Å². The fraction of sp³-hybridized carbons (Fsp3) is 0.158. The zero-order valence-electron chi connectivity index (χ0n) is 13.8. The quantitative estimate of drug-likeness (QED) is 0.785. The minimum Gasteiger partial charge on any atom is -0.292 e. The third kappa shape index (κ3) is 4.73. The number of hydrogen-bond acceptors (Lipinski definition) is 2. The first-order valence-electron chi connectivity index (χ1n) is 7.58. The van der Waals surface area contributed by atoms with E-state index in [9.17, 15) is 22.8 Å². The van der Waals surface area contributed by atoms with Crippen LogP contribution in [0.1, 0.15) is 24.0 Å². The van der Waals surface area contributed by atoms with E-state index in [1.165, 1.54) is 6.92 Å². The molecule has 0 aliphatic carbocycles. The zero-order chi connectivity index (χ0) is 19.4.